The van der Waals surface area contributed by atoms with Gasteiger partial charge in [-0.05, 0) is 12.8 Å². The fraction of sp³-hybridized carbons (Fsp3) is 0.615. The molecule has 1 heterocycles. The Morgan fingerprint density at radius 1 is 1.29 bits per heavy atom. The number of aliphatic hydroxyl groups excluding tert-OH is 4. The molecule has 0 aromatic rings. The first kappa shape index (κ1) is 15.9. The second-order valence-corrected chi connectivity index (χ2v) is 4.92. The van der Waals surface area contributed by atoms with E-state index in [-0.39, 0.29) is 5.76 Å². The van der Waals surface area contributed by atoms with Crippen LogP contribution in [-0.4, -0.2) is 68.8 Å². The van der Waals surface area contributed by atoms with Gasteiger partial charge in [0, 0.05) is 5.57 Å². The number of carboxylic acids is 1. The predicted octanol–water partition coefficient (Wildman–Crippen LogP) is -1.51. The number of allylic oxidation sites excluding steroid dienone is 3. The third-order valence-corrected chi connectivity index (χ3v) is 3.47. The van der Waals surface area contributed by atoms with Gasteiger partial charge in [-0.1, -0.05) is 12.2 Å². The molecule has 8 nitrogen and oxygen atoms in total. The Bertz CT molecular complexity index is 455. The summed E-state index contributed by atoms with van der Waals surface area (Å²) in [7, 11) is 0. The van der Waals surface area contributed by atoms with Crippen LogP contribution in [0.3, 0.4) is 0 Å². The normalized spacial score (nSPS) is 38.4. The zero-order chi connectivity index (χ0) is 15.6. The lowest BCUT2D eigenvalue weighted by molar-refractivity contribution is -0.291. The Morgan fingerprint density at radius 2 is 2.00 bits per heavy atom. The van der Waals surface area contributed by atoms with E-state index in [1.54, 1.807) is 12.2 Å². The molecule has 0 spiro atoms. The SMILES string of the molecule is O=C(O)/C(OC1OC(CO)C(O)C(O)C1O)=C1\C=CCC1. The van der Waals surface area contributed by atoms with Gasteiger partial charge in [0.2, 0.25) is 12.0 Å². The number of ether oxygens (including phenoxy) is 2. The lowest BCUT2D eigenvalue weighted by Crippen LogP contribution is -2.59. The van der Waals surface area contributed by atoms with Crippen molar-refractivity contribution in [3.8, 4) is 0 Å². The van der Waals surface area contributed by atoms with Gasteiger partial charge in [-0.25, -0.2) is 4.79 Å². The molecule has 118 valence electrons. The lowest BCUT2D eigenvalue weighted by Gasteiger charge is -2.39. The number of aliphatic hydroxyl groups is 4. The van der Waals surface area contributed by atoms with Crippen molar-refractivity contribution >= 4 is 5.97 Å². The maximum absolute atomic E-state index is 11.2. The van der Waals surface area contributed by atoms with Gasteiger partial charge >= 0.3 is 5.97 Å². The molecule has 5 atom stereocenters. The molecule has 0 saturated carbocycles. The second kappa shape index (κ2) is 6.54. The first-order valence-corrected chi connectivity index (χ1v) is 6.56. The highest BCUT2D eigenvalue weighted by molar-refractivity contribution is 5.86. The molecule has 0 aromatic heterocycles. The lowest BCUT2D eigenvalue weighted by atomic mass is 9.99. The van der Waals surface area contributed by atoms with Crippen molar-refractivity contribution in [3.63, 3.8) is 0 Å². The summed E-state index contributed by atoms with van der Waals surface area (Å²) < 4.78 is 10.3. The highest BCUT2D eigenvalue weighted by atomic mass is 16.7. The van der Waals surface area contributed by atoms with Gasteiger partial charge in [0.25, 0.3) is 0 Å². The number of hydrogen-bond acceptors (Lipinski definition) is 7. The van der Waals surface area contributed by atoms with Gasteiger partial charge in [-0.15, -0.1) is 0 Å². The highest BCUT2D eigenvalue weighted by Crippen LogP contribution is 2.27. The van der Waals surface area contributed by atoms with Crippen LogP contribution in [0, 0.1) is 0 Å². The molecule has 1 saturated heterocycles. The Balaban J connectivity index is 2.18. The minimum absolute atomic E-state index is 0.381. The van der Waals surface area contributed by atoms with Gasteiger partial charge in [-0.2, -0.15) is 0 Å². The zero-order valence-electron chi connectivity index (χ0n) is 11.1. The summed E-state index contributed by atoms with van der Waals surface area (Å²) >= 11 is 0. The van der Waals surface area contributed by atoms with E-state index in [1.165, 1.54) is 0 Å². The first-order chi connectivity index (χ1) is 9.95. The summed E-state index contributed by atoms with van der Waals surface area (Å²) in [4.78, 5) is 11.2. The fourth-order valence-corrected chi connectivity index (χ4v) is 2.28. The second-order valence-electron chi connectivity index (χ2n) is 4.92. The van der Waals surface area contributed by atoms with Crippen LogP contribution < -0.4 is 0 Å². The number of hydrogen-bond donors (Lipinski definition) is 5. The molecule has 1 aliphatic carbocycles. The van der Waals surface area contributed by atoms with Gasteiger partial charge in [0.15, 0.2) is 0 Å². The summed E-state index contributed by atoms with van der Waals surface area (Å²) in [6.45, 7) is -0.607. The van der Waals surface area contributed by atoms with E-state index < -0.39 is 43.3 Å². The number of aliphatic carboxylic acids is 1. The molecule has 0 radical (unpaired) electrons. The summed E-state index contributed by atoms with van der Waals surface area (Å²) in [5.74, 6) is -1.71. The maximum atomic E-state index is 11.2. The summed E-state index contributed by atoms with van der Waals surface area (Å²) in [6, 6.07) is 0. The average Bonchev–Trinajstić information content (AvgIpc) is 2.97. The van der Waals surface area contributed by atoms with Gasteiger partial charge in [-0.3, -0.25) is 0 Å². The van der Waals surface area contributed by atoms with Crippen molar-refractivity contribution < 1.29 is 39.8 Å². The minimum Gasteiger partial charge on any atom is -0.475 e. The van der Waals surface area contributed by atoms with Gasteiger partial charge in [0.05, 0.1) is 6.61 Å². The standard InChI is InChI=1S/C13H18O8/c14-5-7-8(15)9(16)10(17)13(20-7)21-11(12(18)19)6-3-1-2-4-6/h1,3,7-10,13-17H,2,4-5H2,(H,18,19)/b11-6-. The summed E-state index contributed by atoms with van der Waals surface area (Å²) in [5, 5.41) is 47.3. The Morgan fingerprint density at radius 3 is 2.52 bits per heavy atom. The van der Waals surface area contributed by atoms with Crippen LogP contribution >= 0.6 is 0 Å². The molecule has 21 heavy (non-hydrogen) atoms. The minimum atomic E-state index is -1.64. The van der Waals surface area contributed by atoms with E-state index in [4.69, 9.17) is 14.6 Å². The zero-order valence-corrected chi connectivity index (χ0v) is 11.1. The molecule has 0 bridgehead atoms. The fourth-order valence-electron chi connectivity index (χ4n) is 2.28. The van der Waals surface area contributed by atoms with Crippen LogP contribution in [-0.2, 0) is 14.3 Å². The predicted molar refractivity (Wildman–Crippen MR) is 67.9 cm³/mol. The Kier molecular flexibility index (Phi) is 4.96. The maximum Gasteiger partial charge on any atom is 0.371 e. The van der Waals surface area contributed by atoms with Crippen molar-refractivity contribution in [2.45, 2.75) is 43.5 Å². The number of rotatable bonds is 4. The third-order valence-electron chi connectivity index (χ3n) is 3.47. The molecule has 0 amide bonds. The number of carbonyl (C=O) groups is 1. The van der Waals surface area contributed by atoms with Crippen molar-refractivity contribution in [3.05, 3.63) is 23.5 Å². The molecule has 2 aliphatic rings. The largest absolute Gasteiger partial charge is 0.475 e. The average molecular weight is 302 g/mol. The Labute approximate surface area is 120 Å². The van der Waals surface area contributed by atoms with Gasteiger partial charge in [0.1, 0.15) is 24.4 Å². The molecule has 5 unspecified atom stereocenters. The van der Waals surface area contributed by atoms with E-state index in [1.807, 2.05) is 0 Å². The van der Waals surface area contributed by atoms with Crippen LogP contribution in [0.5, 0.6) is 0 Å². The quantitative estimate of drug-likeness (QED) is 0.312. The first-order valence-electron chi connectivity index (χ1n) is 6.56. The molecular weight excluding hydrogens is 284 g/mol. The highest BCUT2D eigenvalue weighted by Gasteiger charge is 2.45. The topological polar surface area (TPSA) is 137 Å². The van der Waals surface area contributed by atoms with Crippen LogP contribution in [0.1, 0.15) is 12.8 Å². The number of carboxylic acid groups (broad SMARTS) is 1. The summed E-state index contributed by atoms with van der Waals surface area (Å²) in [5.41, 5.74) is 0.444. The van der Waals surface area contributed by atoms with Gasteiger partial charge < -0.3 is 35.0 Å². The van der Waals surface area contributed by atoms with Crippen LogP contribution in [0.25, 0.3) is 0 Å². The smallest absolute Gasteiger partial charge is 0.371 e. The monoisotopic (exact) mass is 302 g/mol. The van der Waals surface area contributed by atoms with Crippen LogP contribution in [0.2, 0.25) is 0 Å². The van der Waals surface area contributed by atoms with E-state index >= 15 is 0 Å². The van der Waals surface area contributed by atoms with Crippen LogP contribution in [0.15, 0.2) is 23.5 Å². The molecule has 0 aromatic carbocycles. The summed E-state index contributed by atoms with van der Waals surface area (Å²) in [6.07, 6.45) is -2.84. The molecule has 1 aliphatic heterocycles. The molecule has 8 heteroatoms. The van der Waals surface area contributed by atoms with E-state index in [0.717, 1.165) is 0 Å². The van der Waals surface area contributed by atoms with Crippen molar-refractivity contribution in [2.75, 3.05) is 6.61 Å². The van der Waals surface area contributed by atoms with E-state index in [9.17, 15) is 25.2 Å². The van der Waals surface area contributed by atoms with E-state index in [2.05, 4.69) is 0 Å². The Hall–Kier alpha value is -1.45. The molecule has 2 rings (SSSR count). The molecular formula is C13H18O8. The van der Waals surface area contributed by atoms with Crippen molar-refractivity contribution in [1.29, 1.82) is 0 Å². The van der Waals surface area contributed by atoms with Crippen molar-refractivity contribution in [2.24, 2.45) is 0 Å². The van der Waals surface area contributed by atoms with E-state index in [0.29, 0.717) is 18.4 Å². The van der Waals surface area contributed by atoms with Crippen molar-refractivity contribution in [1.82, 2.24) is 0 Å². The third kappa shape index (κ3) is 3.25. The molecule has 1 fully saturated rings. The molecule has 5 N–H and O–H groups in total. The van der Waals surface area contributed by atoms with Crippen LogP contribution in [0.4, 0.5) is 0 Å².